The number of aromatic nitrogens is 1. The van der Waals surface area contributed by atoms with Crippen molar-refractivity contribution in [3.8, 4) is 0 Å². The molecule has 0 aliphatic carbocycles. The number of aryl methyl sites for hydroxylation is 2. The molecule has 2 N–H and O–H groups in total. The summed E-state index contributed by atoms with van der Waals surface area (Å²) < 4.78 is 2.22. The molecule has 1 heterocycles. The Labute approximate surface area is 89.4 Å². The molecule has 0 aliphatic rings. The maximum atomic E-state index is 5.12. The molecule has 0 aliphatic heterocycles. The lowest BCUT2D eigenvalue weighted by Gasteiger charge is -2.00. The van der Waals surface area contributed by atoms with Gasteiger partial charge in [0.2, 0.25) is 0 Å². The number of fused-ring (bicyclic) bond motifs is 1. The van der Waals surface area contributed by atoms with Gasteiger partial charge in [0.25, 0.3) is 0 Å². The molecule has 0 amide bonds. The summed E-state index contributed by atoms with van der Waals surface area (Å²) in [5, 5.41) is 1.23. The molecule has 2 aromatic rings. The van der Waals surface area contributed by atoms with Crippen LogP contribution in [0.15, 0.2) is 24.4 Å². The largest absolute Gasteiger partial charge is 0.347 e. The summed E-state index contributed by atoms with van der Waals surface area (Å²) in [6.07, 6.45) is 2.11. The second kappa shape index (κ2) is 4.04. The molecular formula is C12H16N2O. The van der Waals surface area contributed by atoms with Crippen LogP contribution in [0.5, 0.6) is 0 Å². The zero-order valence-electron chi connectivity index (χ0n) is 9.16. The van der Waals surface area contributed by atoms with Crippen LogP contribution in [-0.4, -0.2) is 4.57 Å². The average molecular weight is 204 g/mol. The Morgan fingerprint density at radius 3 is 2.87 bits per heavy atom. The van der Waals surface area contributed by atoms with E-state index in [1.54, 1.807) is 0 Å². The second-order valence-electron chi connectivity index (χ2n) is 3.77. The van der Waals surface area contributed by atoms with Crippen molar-refractivity contribution < 1.29 is 4.84 Å². The van der Waals surface area contributed by atoms with Gasteiger partial charge in [0.1, 0.15) is 0 Å². The van der Waals surface area contributed by atoms with Gasteiger partial charge in [-0.3, -0.25) is 4.84 Å². The lowest BCUT2D eigenvalue weighted by atomic mass is 10.1. The van der Waals surface area contributed by atoms with Gasteiger partial charge in [-0.25, -0.2) is 5.90 Å². The van der Waals surface area contributed by atoms with E-state index >= 15 is 0 Å². The Kier molecular flexibility index (Phi) is 2.75. The lowest BCUT2D eigenvalue weighted by Crippen LogP contribution is -1.98. The molecule has 3 heteroatoms. The van der Waals surface area contributed by atoms with E-state index in [-0.39, 0.29) is 0 Å². The minimum Gasteiger partial charge on any atom is -0.347 e. The summed E-state index contributed by atoms with van der Waals surface area (Å²) >= 11 is 0. The Bertz CT molecular complexity index is 474. The molecule has 3 nitrogen and oxygen atoms in total. The van der Waals surface area contributed by atoms with Crippen molar-refractivity contribution >= 4 is 10.9 Å². The third kappa shape index (κ3) is 1.76. The van der Waals surface area contributed by atoms with Crippen LogP contribution in [0.25, 0.3) is 10.9 Å². The molecule has 15 heavy (non-hydrogen) atoms. The second-order valence-corrected chi connectivity index (χ2v) is 3.77. The molecule has 0 spiro atoms. The maximum absolute atomic E-state index is 5.12. The predicted octanol–water partition coefficient (Wildman–Crippen LogP) is 2.36. The Morgan fingerprint density at radius 1 is 1.40 bits per heavy atom. The quantitative estimate of drug-likeness (QED) is 0.780. The topological polar surface area (TPSA) is 40.2 Å². The van der Waals surface area contributed by atoms with Crippen LogP contribution in [0, 0.1) is 6.92 Å². The van der Waals surface area contributed by atoms with E-state index in [0.717, 1.165) is 12.1 Å². The van der Waals surface area contributed by atoms with Crippen molar-refractivity contribution in [3.05, 3.63) is 35.5 Å². The van der Waals surface area contributed by atoms with Crippen LogP contribution in [-0.2, 0) is 18.0 Å². The molecule has 0 radical (unpaired) electrons. The van der Waals surface area contributed by atoms with E-state index < -0.39 is 0 Å². The molecule has 1 aromatic carbocycles. The third-order valence-corrected chi connectivity index (χ3v) is 2.70. The number of nitrogens with two attached hydrogens (primary N) is 1. The van der Waals surface area contributed by atoms with Gasteiger partial charge in [-0.05, 0) is 25.5 Å². The summed E-state index contributed by atoms with van der Waals surface area (Å²) in [7, 11) is 0. The highest BCUT2D eigenvalue weighted by Gasteiger charge is 2.07. The van der Waals surface area contributed by atoms with E-state index in [2.05, 4.69) is 42.8 Å². The molecule has 0 saturated carbocycles. The van der Waals surface area contributed by atoms with Crippen LogP contribution in [0.4, 0.5) is 0 Å². The first kappa shape index (κ1) is 10.2. The van der Waals surface area contributed by atoms with Gasteiger partial charge in [0.05, 0.1) is 6.61 Å². The zero-order chi connectivity index (χ0) is 10.8. The average Bonchev–Trinajstić information content (AvgIpc) is 2.56. The van der Waals surface area contributed by atoms with Gasteiger partial charge < -0.3 is 4.57 Å². The van der Waals surface area contributed by atoms with E-state index in [4.69, 9.17) is 10.7 Å². The molecule has 0 saturated heterocycles. The van der Waals surface area contributed by atoms with E-state index in [1.807, 2.05) is 0 Å². The van der Waals surface area contributed by atoms with Crippen LogP contribution < -0.4 is 5.90 Å². The van der Waals surface area contributed by atoms with E-state index in [1.165, 1.54) is 16.5 Å². The van der Waals surface area contributed by atoms with E-state index in [9.17, 15) is 0 Å². The first-order valence-corrected chi connectivity index (χ1v) is 5.16. The van der Waals surface area contributed by atoms with Gasteiger partial charge in [0, 0.05) is 29.2 Å². The monoisotopic (exact) mass is 204 g/mol. The highest BCUT2D eigenvalue weighted by atomic mass is 16.6. The molecule has 0 bridgehead atoms. The Hall–Kier alpha value is -1.32. The zero-order valence-corrected chi connectivity index (χ0v) is 9.16. The highest BCUT2D eigenvalue weighted by molar-refractivity contribution is 5.84. The molecule has 0 unspecified atom stereocenters. The Balaban J connectivity index is 2.64. The maximum Gasteiger partial charge on any atom is 0.0950 e. The third-order valence-electron chi connectivity index (χ3n) is 2.70. The van der Waals surface area contributed by atoms with Crippen LogP contribution >= 0.6 is 0 Å². The number of hydrogen-bond acceptors (Lipinski definition) is 2. The summed E-state index contributed by atoms with van der Waals surface area (Å²) in [5.74, 6) is 5.12. The van der Waals surface area contributed by atoms with Gasteiger partial charge in [-0.15, -0.1) is 0 Å². The number of rotatable bonds is 3. The van der Waals surface area contributed by atoms with Crippen molar-refractivity contribution in [2.75, 3.05) is 0 Å². The van der Waals surface area contributed by atoms with Gasteiger partial charge in [-0.1, -0.05) is 12.1 Å². The fourth-order valence-electron chi connectivity index (χ4n) is 1.94. The Morgan fingerprint density at radius 2 is 2.20 bits per heavy atom. The summed E-state index contributed by atoms with van der Waals surface area (Å²) in [6, 6.07) is 6.44. The number of hydrogen-bond donors (Lipinski definition) is 1. The molecule has 0 atom stereocenters. The molecule has 2 rings (SSSR count). The first-order valence-electron chi connectivity index (χ1n) is 5.16. The smallest absolute Gasteiger partial charge is 0.0950 e. The van der Waals surface area contributed by atoms with Crippen molar-refractivity contribution in [1.82, 2.24) is 4.57 Å². The van der Waals surface area contributed by atoms with Gasteiger partial charge in [-0.2, -0.15) is 0 Å². The fourth-order valence-corrected chi connectivity index (χ4v) is 1.94. The van der Waals surface area contributed by atoms with Crippen LogP contribution in [0.1, 0.15) is 18.1 Å². The molecule has 0 fully saturated rings. The van der Waals surface area contributed by atoms with Crippen molar-refractivity contribution in [3.63, 3.8) is 0 Å². The number of benzene rings is 1. The summed E-state index contributed by atoms with van der Waals surface area (Å²) in [4.78, 5) is 4.71. The van der Waals surface area contributed by atoms with Crippen molar-refractivity contribution in [2.24, 2.45) is 5.90 Å². The SMILES string of the molecule is CCn1cc(CON)c2ccc(C)cc21. The van der Waals surface area contributed by atoms with Crippen LogP contribution in [0.3, 0.4) is 0 Å². The number of nitrogens with zero attached hydrogens (tertiary/aromatic N) is 1. The predicted molar refractivity (Wildman–Crippen MR) is 61.3 cm³/mol. The summed E-state index contributed by atoms with van der Waals surface area (Å²) in [6.45, 7) is 5.66. The highest BCUT2D eigenvalue weighted by Crippen LogP contribution is 2.23. The van der Waals surface area contributed by atoms with Crippen molar-refractivity contribution in [1.29, 1.82) is 0 Å². The minimum absolute atomic E-state index is 0.465. The lowest BCUT2D eigenvalue weighted by molar-refractivity contribution is 0.125. The molecule has 80 valence electrons. The first-order chi connectivity index (χ1) is 7.26. The minimum atomic E-state index is 0.465. The van der Waals surface area contributed by atoms with Gasteiger partial charge in [0.15, 0.2) is 0 Å². The normalized spacial score (nSPS) is 11.1. The van der Waals surface area contributed by atoms with E-state index in [0.29, 0.717) is 6.61 Å². The molecular weight excluding hydrogens is 188 g/mol. The fraction of sp³-hybridized carbons (Fsp3) is 0.333. The van der Waals surface area contributed by atoms with Gasteiger partial charge >= 0.3 is 0 Å². The standard InChI is InChI=1S/C12H16N2O/c1-3-14-7-10(8-15-13)11-5-4-9(2)6-12(11)14/h4-7H,3,8,13H2,1-2H3. The molecule has 1 aromatic heterocycles. The summed E-state index contributed by atoms with van der Waals surface area (Å²) in [5.41, 5.74) is 3.68. The van der Waals surface area contributed by atoms with Crippen molar-refractivity contribution in [2.45, 2.75) is 27.0 Å². The van der Waals surface area contributed by atoms with Crippen LogP contribution in [0.2, 0.25) is 0 Å².